The van der Waals surface area contributed by atoms with Crippen LogP contribution in [0.4, 0.5) is 0 Å². The molecule has 1 amide bonds. The molecule has 3 heterocycles. The van der Waals surface area contributed by atoms with Crippen LogP contribution in [-0.4, -0.2) is 38.6 Å². The maximum Gasteiger partial charge on any atom is 0.261 e. The fraction of sp³-hybridized carbons (Fsp3) is 0.333. The second-order valence-electron chi connectivity index (χ2n) is 6.24. The Kier molecular flexibility index (Phi) is 3.63. The van der Waals surface area contributed by atoms with Crippen molar-refractivity contribution in [2.75, 3.05) is 13.1 Å². The summed E-state index contributed by atoms with van der Waals surface area (Å²) in [4.78, 5) is 31.9. The van der Waals surface area contributed by atoms with E-state index in [9.17, 15) is 9.59 Å². The highest BCUT2D eigenvalue weighted by Crippen LogP contribution is 2.17. The number of aromatic nitrogens is 3. The first kappa shape index (κ1) is 15.6. The number of carbonyl (C=O) groups is 1. The van der Waals surface area contributed by atoms with E-state index < -0.39 is 0 Å². The van der Waals surface area contributed by atoms with E-state index in [0.717, 1.165) is 5.82 Å². The Morgan fingerprint density at radius 2 is 1.96 bits per heavy atom. The maximum absolute atomic E-state index is 12.8. The van der Waals surface area contributed by atoms with Gasteiger partial charge in [-0.2, -0.15) is 0 Å². The Morgan fingerprint density at radius 3 is 2.72 bits per heavy atom. The molecule has 1 aromatic carbocycles. The number of nitrogens with zero attached hydrogens (tertiary/aromatic N) is 4. The van der Waals surface area contributed by atoms with Gasteiger partial charge in [-0.25, -0.2) is 4.98 Å². The average Bonchev–Trinajstić information content (AvgIpc) is 2.82. The molecule has 0 saturated carbocycles. The minimum atomic E-state index is -0.110. The number of aryl methyl sites for hydroxylation is 2. The summed E-state index contributed by atoms with van der Waals surface area (Å²) in [7, 11) is 0. The van der Waals surface area contributed by atoms with E-state index in [1.807, 2.05) is 18.2 Å². The normalized spacial score (nSPS) is 14.4. The largest absolute Gasteiger partial charge is 0.361 e. The summed E-state index contributed by atoms with van der Waals surface area (Å²) >= 11 is 0. The molecule has 0 aliphatic carbocycles. The number of hydrogen-bond donors (Lipinski definition) is 0. The predicted octanol–water partition coefficient (Wildman–Crippen LogP) is 1.70. The van der Waals surface area contributed by atoms with Crippen molar-refractivity contribution < 1.29 is 9.32 Å². The number of carbonyl (C=O) groups excluding carboxylic acids is 1. The highest BCUT2D eigenvalue weighted by molar-refractivity contribution is 5.96. The molecule has 0 radical (unpaired) electrons. The molecule has 7 heteroatoms. The quantitative estimate of drug-likeness (QED) is 0.674. The van der Waals surface area contributed by atoms with Gasteiger partial charge in [0.15, 0.2) is 0 Å². The van der Waals surface area contributed by atoms with Crippen molar-refractivity contribution in [1.82, 2.24) is 19.6 Å². The lowest BCUT2D eigenvalue weighted by Gasteiger charge is -2.19. The SMILES string of the molecule is Cc1noc(C)c1C(=O)N1CCc2nc3ccccc3c(=O)n2CC1. The van der Waals surface area contributed by atoms with Gasteiger partial charge >= 0.3 is 0 Å². The van der Waals surface area contributed by atoms with Gasteiger partial charge in [-0.1, -0.05) is 17.3 Å². The van der Waals surface area contributed by atoms with Gasteiger partial charge < -0.3 is 9.42 Å². The van der Waals surface area contributed by atoms with E-state index in [4.69, 9.17) is 4.52 Å². The predicted molar refractivity (Wildman–Crippen MR) is 91.6 cm³/mol. The van der Waals surface area contributed by atoms with Gasteiger partial charge in [0.25, 0.3) is 11.5 Å². The summed E-state index contributed by atoms with van der Waals surface area (Å²) in [5.74, 6) is 1.13. The van der Waals surface area contributed by atoms with Crippen molar-refractivity contribution in [1.29, 1.82) is 0 Å². The molecular formula is C18H18N4O3. The van der Waals surface area contributed by atoms with Crippen molar-refractivity contribution in [3.05, 3.63) is 57.5 Å². The molecule has 0 atom stereocenters. The molecule has 0 unspecified atom stereocenters. The van der Waals surface area contributed by atoms with Crippen LogP contribution in [0.5, 0.6) is 0 Å². The molecule has 7 nitrogen and oxygen atoms in total. The van der Waals surface area contributed by atoms with Gasteiger partial charge in [-0.15, -0.1) is 0 Å². The highest BCUT2D eigenvalue weighted by Gasteiger charge is 2.26. The average molecular weight is 338 g/mol. The van der Waals surface area contributed by atoms with Crippen LogP contribution < -0.4 is 5.56 Å². The molecule has 0 fully saturated rings. The van der Waals surface area contributed by atoms with Crippen molar-refractivity contribution in [3.8, 4) is 0 Å². The highest BCUT2D eigenvalue weighted by atomic mass is 16.5. The third-order valence-electron chi connectivity index (χ3n) is 4.67. The fourth-order valence-electron chi connectivity index (χ4n) is 3.35. The second-order valence-corrected chi connectivity index (χ2v) is 6.24. The van der Waals surface area contributed by atoms with Crippen molar-refractivity contribution in [2.45, 2.75) is 26.8 Å². The fourth-order valence-corrected chi connectivity index (χ4v) is 3.35. The van der Waals surface area contributed by atoms with Gasteiger partial charge in [-0.05, 0) is 26.0 Å². The Hall–Kier alpha value is -2.96. The van der Waals surface area contributed by atoms with E-state index in [1.165, 1.54) is 0 Å². The lowest BCUT2D eigenvalue weighted by atomic mass is 10.1. The second kappa shape index (κ2) is 5.84. The molecule has 4 rings (SSSR count). The molecular weight excluding hydrogens is 320 g/mol. The summed E-state index contributed by atoms with van der Waals surface area (Å²) in [6.07, 6.45) is 0.537. The third kappa shape index (κ3) is 2.52. The van der Waals surface area contributed by atoms with E-state index in [0.29, 0.717) is 54.0 Å². The van der Waals surface area contributed by atoms with Gasteiger partial charge in [0, 0.05) is 26.1 Å². The van der Waals surface area contributed by atoms with Gasteiger partial charge in [-0.3, -0.25) is 14.2 Å². The summed E-state index contributed by atoms with van der Waals surface area (Å²) < 4.78 is 6.79. The number of rotatable bonds is 1. The van der Waals surface area contributed by atoms with Crippen LogP contribution in [0.25, 0.3) is 10.9 Å². The summed E-state index contributed by atoms with van der Waals surface area (Å²) in [6, 6.07) is 7.34. The zero-order valence-electron chi connectivity index (χ0n) is 14.2. The zero-order chi connectivity index (χ0) is 17.6. The molecule has 0 N–H and O–H groups in total. The van der Waals surface area contributed by atoms with E-state index in [-0.39, 0.29) is 11.5 Å². The minimum absolute atomic E-state index is 0.0489. The van der Waals surface area contributed by atoms with Crippen molar-refractivity contribution in [3.63, 3.8) is 0 Å². The number of benzene rings is 1. The van der Waals surface area contributed by atoms with E-state index in [2.05, 4.69) is 10.1 Å². The lowest BCUT2D eigenvalue weighted by molar-refractivity contribution is 0.0756. The van der Waals surface area contributed by atoms with Crippen LogP contribution in [0, 0.1) is 13.8 Å². The molecule has 0 bridgehead atoms. The zero-order valence-corrected chi connectivity index (χ0v) is 14.2. The summed E-state index contributed by atoms with van der Waals surface area (Å²) in [5.41, 5.74) is 1.75. The molecule has 0 saturated heterocycles. The van der Waals surface area contributed by atoms with E-state index >= 15 is 0 Å². The number of amides is 1. The van der Waals surface area contributed by atoms with Crippen molar-refractivity contribution >= 4 is 16.8 Å². The molecule has 3 aromatic rings. The van der Waals surface area contributed by atoms with Gasteiger partial charge in [0.05, 0.1) is 16.6 Å². The standard InChI is InChI=1S/C18H18N4O3/c1-11-16(12(2)25-20-11)18(24)21-8-7-15-19-14-6-4-3-5-13(14)17(23)22(15)10-9-21/h3-6H,7-10H2,1-2H3. The Balaban J connectivity index is 1.68. The minimum Gasteiger partial charge on any atom is -0.361 e. The first-order chi connectivity index (χ1) is 12.1. The summed E-state index contributed by atoms with van der Waals surface area (Å²) in [5, 5.41) is 4.46. The van der Waals surface area contributed by atoms with Gasteiger partial charge in [0.2, 0.25) is 0 Å². The number of para-hydroxylation sites is 1. The third-order valence-corrected chi connectivity index (χ3v) is 4.67. The first-order valence-corrected chi connectivity index (χ1v) is 8.27. The van der Waals surface area contributed by atoms with Crippen molar-refractivity contribution in [2.24, 2.45) is 0 Å². The number of fused-ring (bicyclic) bond motifs is 2. The maximum atomic E-state index is 12.8. The first-order valence-electron chi connectivity index (χ1n) is 8.27. The molecule has 1 aliphatic heterocycles. The van der Waals surface area contributed by atoms with Crippen LogP contribution >= 0.6 is 0 Å². The Bertz CT molecular complexity index is 1010. The molecule has 25 heavy (non-hydrogen) atoms. The Labute approximate surface area is 143 Å². The Morgan fingerprint density at radius 1 is 1.16 bits per heavy atom. The molecule has 0 spiro atoms. The van der Waals surface area contributed by atoms with Crippen LogP contribution in [-0.2, 0) is 13.0 Å². The van der Waals surface area contributed by atoms with Crippen LogP contribution in [0.15, 0.2) is 33.6 Å². The van der Waals surface area contributed by atoms with Gasteiger partial charge in [0.1, 0.15) is 17.1 Å². The smallest absolute Gasteiger partial charge is 0.261 e. The number of hydrogen-bond acceptors (Lipinski definition) is 5. The van der Waals surface area contributed by atoms with E-state index in [1.54, 1.807) is 29.4 Å². The van der Waals surface area contributed by atoms with Crippen LogP contribution in [0.1, 0.15) is 27.6 Å². The molecule has 2 aromatic heterocycles. The summed E-state index contributed by atoms with van der Waals surface area (Å²) in [6.45, 7) is 4.89. The lowest BCUT2D eigenvalue weighted by Crippen LogP contribution is -2.34. The topological polar surface area (TPSA) is 81.2 Å². The van der Waals surface area contributed by atoms with Crippen LogP contribution in [0.2, 0.25) is 0 Å². The monoisotopic (exact) mass is 338 g/mol. The molecule has 1 aliphatic rings. The molecule has 128 valence electrons. The van der Waals surface area contributed by atoms with Crippen LogP contribution in [0.3, 0.4) is 0 Å².